The Morgan fingerprint density at radius 2 is 1.74 bits per heavy atom. The third-order valence-electron chi connectivity index (χ3n) is 6.07. The van der Waals surface area contributed by atoms with Crippen molar-refractivity contribution in [1.29, 1.82) is 0 Å². The third kappa shape index (κ3) is 9.83. The largest absolute Gasteiger partial charge is 0.378 e. The van der Waals surface area contributed by atoms with E-state index in [1.165, 1.54) is 23.6 Å². The third-order valence-corrected chi connectivity index (χ3v) is 7.63. The molecule has 2 rings (SSSR count). The fourth-order valence-corrected chi connectivity index (χ4v) is 5.20. The Morgan fingerprint density at radius 3 is 2.42 bits per heavy atom. The van der Waals surface area contributed by atoms with Crippen molar-refractivity contribution >= 4 is 10.2 Å². The van der Waals surface area contributed by atoms with Crippen LogP contribution in [0.5, 0.6) is 0 Å². The van der Waals surface area contributed by atoms with Crippen LogP contribution in [-0.4, -0.2) is 63.6 Å². The van der Waals surface area contributed by atoms with Gasteiger partial charge in [0, 0.05) is 32.8 Å². The molecule has 0 unspecified atom stereocenters. The number of ether oxygens (including phenoxy) is 1. The van der Waals surface area contributed by atoms with Crippen molar-refractivity contribution in [2.75, 3.05) is 33.8 Å². The fraction of sp³-hybridized carbons (Fsp3) is 0.667. The van der Waals surface area contributed by atoms with Crippen molar-refractivity contribution in [3.63, 3.8) is 0 Å². The number of likely N-dealkylation sites (N-methyl/N-ethyl adjacent to an activating group) is 1. The maximum atomic E-state index is 12.6. The molecule has 1 aromatic rings. The van der Waals surface area contributed by atoms with Crippen LogP contribution in [0.25, 0.3) is 0 Å². The molecule has 0 bridgehead atoms. The summed E-state index contributed by atoms with van der Waals surface area (Å²) in [7, 11) is 0.333. The molecular weight excluding hydrogens is 410 g/mol. The van der Waals surface area contributed by atoms with Crippen LogP contribution in [0.2, 0.25) is 0 Å². The van der Waals surface area contributed by atoms with E-state index in [2.05, 4.69) is 23.2 Å². The zero-order valence-electron chi connectivity index (χ0n) is 19.3. The van der Waals surface area contributed by atoms with Crippen molar-refractivity contribution in [3.8, 4) is 0 Å². The Labute approximate surface area is 189 Å². The standard InChI is InChI=1S/C24H41N3O3S/c1-4-18-26(2)19-10-5-6-11-20-30-24-16-14-23(15-17-24)27(3)31(28,29)25-21-22-12-8-7-9-13-22/h4,7-9,12-13,23-25H,1,5-6,10-11,14-21H2,2-3H3. The number of benzene rings is 1. The van der Waals surface area contributed by atoms with Gasteiger partial charge in [-0.15, -0.1) is 6.58 Å². The van der Waals surface area contributed by atoms with Crippen LogP contribution in [0, 0.1) is 0 Å². The molecular formula is C24H41N3O3S. The number of unbranched alkanes of at least 4 members (excludes halogenated alkanes) is 3. The molecule has 176 valence electrons. The van der Waals surface area contributed by atoms with Crippen molar-refractivity contribution in [1.82, 2.24) is 13.9 Å². The lowest BCUT2D eigenvalue weighted by Crippen LogP contribution is -2.45. The minimum absolute atomic E-state index is 0.0423. The van der Waals surface area contributed by atoms with Gasteiger partial charge in [-0.05, 0) is 57.7 Å². The van der Waals surface area contributed by atoms with Gasteiger partial charge in [0.15, 0.2) is 0 Å². The first-order valence-electron chi connectivity index (χ1n) is 11.6. The van der Waals surface area contributed by atoms with Gasteiger partial charge in [0.25, 0.3) is 10.2 Å². The molecule has 0 aromatic heterocycles. The molecule has 1 saturated carbocycles. The zero-order valence-corrected chi connectivity index (χ0v) is 20.2. The average Bonchev–Trinajstić information content (AvgIpc) is 2.78. The molecule has 0 amide bonds. The monoisotopic (exact) mass is 451 g/mol. The summed E-state index contributed by atoms with van der Waals surface area (Å²) in [6.07, 6.45) is 10.5. The summed E-state index contributed by atoms with van der Waals surface area (Å²) < 4.78 is 35.6. The molecule has 0 atom stereocenters. The van der Waals surface area contributed by atoms with Crippen LogP contribution in [-0.2, 0) is 21.5 Å². The molecule has 1 aliphatic rings. The number of nitrogens with zero attached hydrogens (tertiary/aromatic N) is 2. The van der Waals surface area contributed by atoms with Crippen molar-refractivity contribution in [2.24, 2.45) is 0 Å². The Kier molecular flexibility index (Phi) is 11.8. The second kappa shape index (κ2) is 14.0. The number of nitrogens with one attached hydrogen (secondary N) is 1. The van der Waals surface area contributed by atoms with E-state index < -0.39 is 10.2 Å². The van der Waals surface area contributed by atoms with Crippen LogP contribution >= 0.6 is 0 Å². The average molecular weight is 452 g/mol. The summed E-state index contributed by atoms with van der Waals surface area (Å²) in [4.78, 5) is 2.29. The minimum atomic E-state index is -3.48. The minimum Gasteiger partial charge on any atom is -0.378 e. The van der Waals surface area contributed by atoms with E-state index in [0.717, 1.165) is 57.4 Å². The predicted octanol–water partition coefficient (Wildman–Crippen LogP) is 3.96. The Bertz CT molecular complexity index is 719. The first-order valence-corrected chi connectivity index (χ1v) is 13.0. The SMILES string of the molecule is C=CCN(C)CCCCCCOC1CCC(N(C)S(=O)(=O)NCc2ccccc2)CC1. The lowest BCUT2D eigenvalue weighted by Gasteiger charge is -2.34. The predicted molar refractivity (Wildman–Crippen MR) is 128 cm³/mol. The summed E-state index contributed by atoms with van der Waals surface area (Å²) >= 11 is 0. The van der Waals surface area contributed by atoms with E-state index in [1.54, 1.807) is 7.05 Å². The van der Waals surface area contributed by atoms with E-state index in [4.69, 9.17) is 4.74 Å². The normalized spacial score (nSPS) is 19.7. The highest BCUT2D eigenvalue weighted by Crippen LogP contribution is 2.26. The van der Waals surface area contributed by atoms with E-state index in [-0.39, 0.29) is 12.1 Å². The summed E-state index contributed by atoms with van der Waals surface area (Å²) in [5, 5.41) is 0. The molecule has 6 nitrogen and oxygen atoms in total. The summed E-state index contributed by atoms with van der Waals surface area (Å²) in [5.41, 5.74) is 0.959. The summed E-state index contributed by atoms with van der Waals surface area (Å²) in [6.45, 7) is 6.96. The van der Waals surface area contributed by atoms with Gasteiger partial charge in [-0.2, -0.15) is 17.4 Å². The van der Waals surface area contributed by atoms with Gasteiger partial charge in [0.1, 0.15) is 0 Å². The van der Waals surface area contributed by atoms with Crippen LogP contribution in [0.4, 0.5) is 0 Å². The molecule has 0 heterocycles. The van der Waals surface area contributed by atoms with E-state index in [0.29, 0.717) is 6.54 Å². The van der Waals surface area contributed by atoms with Crippen molar-refractivity contribution < 1.29 is 13.2 Å². The van der Waals surface area contributed by atoms with E-state index >= 15 is 0 Å². The van der Waals surface area contributed by atoms with Crippen molar-refractivity contribution in [2.45, 2.75) is 70.1 Å². The van der Waals surface area contributed by atoms with Crippen molar-refractivity contribution in [3.05, 3.63) is 48.6 Å². The van der Waals surface area contributed by atoms with Gasteiger partial charge < -0.3 is 9.64 Å². The van der Waals surface area contributed by atoms with Gasteiger partial charge in [-0.1, -0.05) is 49.2 Å². The Hall–Kier alpha value is -1.25. The summed E-state index contributed by atoms with van der Waals surface area (Å²) in [5.74, 6) is 0. The topological polar surface area (TPSA) is 61.9 Å². The molecule has 31 heavy (non-hydrogen) atoms. The van der Waals surface area contributed by atoms with Gasteiger partial charge in [0.2, 0.25) is 0 Å². The quantitative estimate of drug-likeness (QED) is 0.324. The zero-order chi connectivity index (χ0) is 22.5. The maximum Gasteiger partial charge on any atom is 0.279 e. The fourth-order valence-electron chi connectivity index (χ4n) is 4.04. The second-order valence-electron chi connectivity index (χ2n) is 8.59. The first-order chi connectivity index (χ1) is 14.9. The summed E-state index contributed by atoms with van der Waals surface area (Å²) in [6, 6.07) is 9.64. The molecule has 1 N–H and O–H groups in total. The van der Waals surface area contributed by atoms with Crippen LogP contribution in [0.15, 0.2) is 43.0 Å². The molecule has 0 radical (unpaired) electrons. The molecule has 7 heteroatoms. The van der Waals surface area contributed by atoms with E-state index in [1.807, 2.05) is 36.4 Å². The molecule has 1 fully saturated rings. The molecule has 0 spiro atoms. The second-order valence-corrected chi connectivity index (χ2v) is 10.4. The van der Waals surface area contributed by atoms with E-state index in [9.17, 15) is 8.42 Å². The first kappa shape index (κ1) is 26.0. The van der Waals surface area contributed by atoms with Gasteiger partial charge >= 0.3 is 0 Å². The number of rotatable bonds is 15. The highest BCUT2D eigenvalue weighted by molar-refractivity contribution is 7.87. The van der Waals surface area contributed by atoms with Crippen LogP contribution in [0.3, 0.4) is 0 Å². The molecule has 0 saturated heterocycles. The van der Waals surface area contributed by atoms with Gasteiger partial charge in [0.05, 0.1) is 6.10 Å². The van der Waals surface area contributed by atoms with Gasteiger partial charge in [-0.3, -0.25) is 0 Å². The van der Waals surface area contributed by atoms with Crippen LogP contribution in [0.1, 0.15) is 56.9 Å². The number of hydrogen-bond acceptors (Lipinski definition) is 4. The number of hydrogen-bond donors (Lipinski definition) is 1. The maximum absolute atomic E-state index is 12.6. The Balaban J connectivity index is 1.58. The highest BCUT2D eigenvalue weighted by atomic mass is 32.2. The molecule has 0 aliphatic heterocycles. The lowest BCUT2D eigenvalue weighted by molar-refractivity contribution is 0.0155. The smallest absolute Gasteiger partial charge is 0.279 e. The molecule has 1 aliphatic carbocycles. The molecule has 1 aromatic carbocycles. The van der Waals surface area contributed by atoms with Crippen LogP contribution < -0.4 is 4.72 Å². The lowest BCUT2D eigenvalue weighted by atomic mass is 9.93. The van der Waals surface area contributed by atoms with Gasteiger partial charge in [-0.25, -0.2) is 0 Å². The Morgan fingerprint density at radius 1 is 1.06 bits per heavy atom. The highest BCUT2D eigenvalue weighted by Gasteiger charge is 2.30.